The molecule has 0 spiro atoms. The van der Waals surface area contributed by atoms with E-state index in [-0.39, 0.29) is 46.7 Å². The predicted molar refractivity (Wildman–Crippen MR) is 286 cm³/mol. The van der Waals surface area contributed by atoms with Crippen LogP contribution in [-0.4, -0.2) is 75.9 Å². The van der Waals surface area contributed by atoms with Crippen LogP contribution >= 0.6 is 0 Å². The van der Waals surface area contributed by atoms with Crippen LogP contribution in [0.3, 0.4) is 0 Å². The summed E-state index contributed by atoms with van der Waals surface area (Å²) in [5.41, 5.74) is 0.664. The smallest absolute Gasteiger partial charge is 0.338 e. The Hall–Kier alpha value is -3.43. The first-order valence-electron chi connectivity index (χ1n) is 27.5. The third kappa shape index (κ3) is 15.1. The number of esters is 3. The van der Waals surface area contributed by atoms with Crippen LogP contribution in [-0.2, 0) is 41.1 Å². The summed E-state index contributed by atoms with van der Waals surface area (Å²) in [6.07, 6.45) is 15.0. The van der Waals surface area contributed by atoms with Gasteiger partial charge in [0, 0.05) is 47.8 Å². The van der Waals surface area contributed by atoms with Gasteiger partial charge in [0.1, 0.15) is 18.0 Å². The van der Waals surface area contributed by atoms with Gasteiger partial charge >= 0.3 is 17.9 Å². The number of nitrogens with one attached hydrogen (secondary N) is 1. The minimum absolute atomic E-state index is 0.0744. The Morgan fingerprint density at radius 2 is 1.19 bits per heavy atom. The Labute approximate surface area is 425 Å². The zero-order chi connectivity index (χ0) is 52.1. The van der Waals surface area contributed by atoms with E-state index in [4.69, 9.17) is 14.2 Å². The third-order valence-electron chi connectivity index (χ3n) is 16.5. The van der Waals surface area contributed by atoms with E-state index >= 15 is 9.59 Å². The summed E-state index contributed by atoms with van der Waals surface area (Å²) in [5.74, 6) is 0.289. The van der Waals surface area contributed by atoms with Gasteiger partial charge in [-0.1, -0.05) is 118 Å². The summed E-state index contributed by atoms with van der Waals surface area (Å²) < 4.78 is 19.2. The van der Waals surface area contributed by atoms with Crippen LogP contribution in [0.5, 0.6) is 5.75 Å². The molecule has 1 aliphatic carbocycles. The summed E-state index contributed by atoms with van der Waals surface area (Å²) in [6, 6.07) is 12.1. The van der Waals surface area contributed by atoms with E-state index in [2.05, 4.69) is 133 Å². The molecule has 0 bridgehead atoms. The van der Waals surface area contributed by atoms with Crippen molar-refractivity contribution in [3.05, 3.63) is 64.2 Å². The zero-order valence-corrected chi connectivity index (χ0v) is 47.1. The lowest BCUT2D eigenvalue weighted by Gasteiger charge is -2.53. The van der Waals surface area contributed by atoms with Gasteiger partial charge in [0.15, 0.2) is 5.41 Å². The number of hydrogen-bond acceptors (Lipinski definition) is 9. The average molecular weight is 971 g/mol. The highest BCUT2D eigenvalue weighted by molar-refractivity contribution is 6.00. The number of carbonyl (C=O) groups excluding carboxylic acids is 3. The number of phenolic OH excluding ortho intramolecular Hbond substituents is 1. The molecule has 9 nitrogen and oxygen atoms in total. The van der Waals surface area contributed by atoms with Gasteiger partial charge in [-0.2, -0.15) is 0 Å². The molecule has 2 aromatic carbocycles. The predicted octanol–water partition coefficient (Wildman–Crippen LogP) is 14.2. The molecule has 70 heavy (non-hydrogen) atoms. The first kappa shape index (κ1) is 57.5. The normalized spacial score (nSPS) is 22.7. The maximum Gasteiger partial charge on any atom is 0.338 e. The largest absolute Gasteiger partial charge is 0.507 e. The summed E-state index contributed by atoms with van der Waals surface area (Å²) >= 11 is 0. The van der Waals surface area contributed by atoms with Gasteiger partial charge < -0.3 is 24.6 Å². The second kappa shape index (κ2) is 22.8. The van der Waals surface area contributed by atoms with Crippen LogP contribution < -0.4 is 5.32 Å². The van der Waals surface area contributed by atoms with Crippen molar-refractivity contribution in [1.29, 1.82) is 0 Å². The molecule has 2 aromatic rings. The number of nitrogens with zero attached hydrogens (tertiary/aromatic N) is 1. The zero-order valence-electron chi connectivity index (χ0n) is 47.1. The van der Waals surface area contributed by atoms with E-state index in [1.807, 2.05) is 24.3 Å². The van der Waals surface area contributed by atoms with E-state index in [0.717, 1.165) is 29.0 Å². The van der Waals surface area contributed by atoms with Crippen molar-refractivity contribution in [1.82, 2.24) is 10.2 Å². The quantitative estimate of drug-likeness (QED) is 0.0615. The van der Waals surface area contributed by atoms with E-state index in [0.29, 0.717) is 63.0 Å². The standard InChI is InChI=1S/C61H98N2O7/c1-17-18-21-24-42-25-27-44(28-26-42)45-29-31-46(32-30-45)52(65)68-34-23-20-19-22-33-61(53(66)69-47-38-57(8,9)62-58(10,11)39-47,54(67)70-48-40-59(12,13)63(16)60(14,15)41-48)37-43-35-49(55(2,3)4)51(64)50(36-43)56(5,6)7/h29-32,35-36,42,44,47-48,62,64H,17-28,33-34,37-41H2,1-16H3/t42-,44-,61?. The molecule has 2 heterocycles. The lowest BCUT2D eigenvalue weighted by atomic mass is 9.73. The van der Waals surface area contributed by atoms with Gasteiger partial charge in [0.25, 0.3) is 0 Å². The fourth-order valence-corrected chi connectivity index (χ4v) is 12.5. The van der Waals surface area contributed by atoms with Gasteiger partial charge in [-0.3, -0.25) is 14.5 Å². The highest BCUT2D eigenvalue weighted by Gasteiger charge is 2.53. The van der Waals surface area contributed by atoms with Crippen LogP contribution in [0.2, 0.25) is 0 Å². The Morgan fingerprint density at radius 1 is 0.686 bits per heavy atom. The summed E-state index contributed by atoms with van der Waals surface area (Å²) in [4.78, 5) is 46.5. The summed E-state index contributed by atoms with van der Waals surface area (Å²) in [5, 5.41) is 15.5. The van der Waals surface area contributed by atoms with Crippen molar-refractivity contribution in [2.75, 3.05) is 13.7 Å². The monoisotopic (exact) mass is 971 g/mol. The van der Waals surface area contributed by atoms with Crippen LogP contribution in [0.15, 0.2) is 36.4 Å². The molecular weight excluding hydrogens is 873 g/mol. The van der Waals surface area contributed by atoms with Crippen molar-refractivity contribution in [2.45, 2.75) is 271 Å². The topological polar surface area (TPSA) is 114 Å². The van der Waals surface area contributed by atoms with Gasteiger partial charge in [0.05, 0.1) is 12.2 Å². The van der Waals surface area contributed by atoms with Crippen LogP contribution in [0.4, 0.5) is 0 Å². The number of phenols is 1. The second-order valence-electron chi connectivity index (χ2n) is 26.9. The van der Waals surface area contributed by atoms with E-state index < -0.39 is 40.4 Å². The second-order valence-corrected chi connectivity index (χ2v) is 26.9. The maximum absolute atomic E-state index is 15.5. The molecule has 0 amide bonds. The van der Waals surface area contributed by atoms with E-state index in [9.17, 15) is 9.90 Å². The Kier molecular flexibility index (Phi) is 18.7. The van der Waals surface area contributed by atoms with Gasteiger partial charge in [-0.15, -0.1) is 0 Å². The molecule has 2 saturated heterocycles. The number of piperidine rings is 2. The highest BCUT2D eigenvalue weighted by Crippen LogP contribution is 2.45. The number of aromatic hydroxyl groups is 1. The lowest BCUT2D eigenvalue weighted by Crippen LogP contribution is -2.61. The Morgan fingerprint density at radius 3 is 1.69 bits per heavy atom. The van der Waals surface area contributed by atoms with Gasteiger partial charge in [-0.05, 0) is 164 Å². The summed E-state index contributed by atoms with van der Waals surface area (Å²) in [7, 11) is 2.13. The molecule has 1 saturated carbocycles. The molecule has 5 rings (SSSR count). The van der Waals surface area contributed by atoms with Gasteiger partial charge in [0.2, 0.25) is 0 Å². The number of likely N-dealkylation sites (tertiary alicyclic amines) is 1. The van der Waals surface area contributed by atoms with E-state index in [1.165, 1.54) is 56.9 Å². The van der Waals surface area contributed by atoms with Crippen LogP contribution in [0, 0.1) is 11.3 Å². The summed E-state index contributed by atoms with van der Waals surface area (Å²) in [6.45, 7) is 32.3. The number of ether oxygens (including phenoxy) is 3. The molecule has 2 N–H and O–H groups in total. The Bertz CT molecular complexity index is 1990. The number of hydrogen-bond donors (Lipinski definition) is 2. The molecule has 1 atom stereocenters. The molecule has 3 aliphatic rings. The fourth-order valence-electron chi connectivity index (χ4n) is 12.5. The number of rotatable bonds is 19. The van der Waals surface area contributed by atoms with Gasteiger partial charge in [-0.25, -0.2) is 4.79 Å². The first-order valence-corrected chi connectivity index (χ1v) is 27.5. The maximum atomic E-state index is 15.5. The van der Waals surface area contributed by atoms with Crippen molar-refractivity contribution in [2.24, 2.45) is 11.3 Å². The molecule has 0 aromatic heterocycles. The van der Waals surface area contributed by atoms with E-state index in [1.54, 1.807) is 0 Å². The molecule has 9 heteroatoms. The van der Waals surface area contributed by atoms with Crippen LogP contribution in [0.1, 0.15) is 252 Å². The van der Waals surface area contributed by atoms with Crippen molar-refractivity contribution in [3.8, 4) is 5.75 Å². The molecular formula is C61H98N2O7. The van der Waals surface area contributed by atoms with Crippen LogP contribution in [0.25, 0.3) is 0 Å². The number of carbonyl (C=O) groups is 3. The lowest BCUT2D eigenvalue weighted by molar-refractivity contribution is -0.186. The first-order chi connectivity index (χ1) is 32.4. The van der Waals surface area contributed by atoms with Crippen molar-refractivity contribution in [3.63, 3.8) is 0 Å². The highest BCUT2D eigenvalue weighted by atomic mass is 16.6. The molecule has 3 fully saturated rings. The molecule has 2 aliphatic heterocycles. The fraction of sp³-hybridized carbons (Fsp3) is 0.754. The molecule has 394 valence electrons. The minimum Gasteiger partial charge on any atom is -0.507 e. The Balaban J connectivity index is 1.37. The number of benzene rings is 2. The van der Waals surface area contributed by atoms with Crippen molar-refractivity contribution < 1.29 is 33.7 Å². The third-order valence-corrected chi connectivity index (χ3v) is 16.5. The van der Waals surface area contributed by atoms with Crippen molar-refractivity contribution >= 4 is 17.9 Å². The SMILES string of the molecule is CCCCC[C@H]1CC[C@H](c2ccc(C(=O)OCCCCCCC(Cc3cc(C(C)(C)C)c(O)c(C(C)(C)C)c3)(C(=O)OC3CC(C)(C)NC(C)(C)C3)C(=O)OC3CC(C)(C)N(C)C(C)(C)C3)cc2)CC1. The molecule has 1 unspecified atom stereocenters. The minimum atomic E-state index is -1.66. The average Bonchev–Trinajstić information content (AvgIpc) is 3.23. The number of unbranched alkanes of at least 4 members (excludes halogenated alkanes) is 5. The molecule has 0 radical (unpaired) electrons.